The van der Waals surface area contributed by atoms with E-state index in [1.54, 1.807) is 24.5 Å². The molecule has 164 valence electrons. The Kier molecular flexibility index (Phi) is 7.02. The van der Waals surface area contributed by atoms with Crippen LogP contribution in [-0.2, 0) is 13.1 Å². The first-order valence-electron chi connectivity index (χ1n) is 10.5. The zero-order valence-electron chi connectivity index (χ0n) is 18.0. The summed E-state index contributed by atoms with van der Waals surface area (Å²) in [4.78, 5) is 21.4. The maximum absolute atomic E-state index is 12.6. The van der Waals surface area contributed by atoms with Gasteiger partial charge in [-0.3, -0.25) is 4.79 Å². The molecular formula is C26H24N6O. The number of amides is 1. The molecule has 1 heterocycles. The minimum Gasteiger partial charge on any atom is -0.382 e. The number of rotatable bonds is 8. The van der Waals surface area contributed by atoms with Crippen LogP contribution in [0.1, 0.15) is 27.2 Å². The van der Waals surface area contributed by atoms with Crippen LogP contribution in [0.25, 0.3) is 11.3 Å². The summed E-state index contributed by atoms with van der Waals surface area (Å²) in [5.74, 6) is 0.122. The molecule has 0 unspecified atom stereocenters. The van der Waals surface area contributed by atoms with Gasteiger partial charge in [-0.2, -0.15) is 5.10 Å². The zero-order chi connectivity index (χ0) is 22.9. The molecule has 3 aromatic carbocycles. The molecule has 0 bridgehead atoms. The number of carbonyl (C=O) groups excluding carboxylic acids is 1. The smallest absolute Gasteiger partial charge is 0.251 e. The minimum atomic E-state index is -0.156. The molecule has 7 nitrogen and oxygen atoms in total. The van der Waals surface area contributed by atoms with Gasteiger partial charge in [0, 0.05) is 17.7 Å². The Balaban J connectivity index is 1.44. The fourth-order valence-corrected chi connectivity index (χ4v) is 3.19. The molecule has 7 heteroatoms. The third-order valence-corrected chi connectivity index (χ3v) is 4.95. The number of hydrogen-bond donors (Lipinski definition) is 3. The lowest BCUT2D eigenvalue weighted by atomic mass is 10.1. The van der Waals surface area contributed by atoms with E-state index in [-0.39, 0.29) is 11.7 Å². The summed E-state index contributed by atoms with van der Waals surface area (Å²) in [6.07, 6.45) is 3.14. The molecular weight excluding hydrogens is 412 g/mol. The van der Waals surface area contributed by atoms with E-state index in [9.17, 15) is 4.79 Å². The quantitative estimate of drug-likeness (QED) is 0.288. The third-order valence-electron chi connectivity index (χ3n) is 4.95. The van der Waals surface area contributed by atoms with E-state index < -0.39 is 0 Å². The SMILES string of the molecule is Nc1ncc(-c2cccc(C(=O)NCc3ccccc3)c2)nc1/C=N/NCc1ccccc1. The summed E-state index contributed by atoms with van der Waals surface area (Å²) >= 11 is 0. The highest BCUT2D eigenvalue weighted by molar-refractivity contribution is 5.95. The van der Waals surface area contributed by atoms with E-state index in [0.29, 0.717) is 30.0 Å². The predicted octanol–water partition coefficient (Wildman–Crippen LogP) is 3.78. The van der Waals surface area contributed by atoms with Crippen molar-refractivity contribution in [3.8, 4) is 11.3 Å². The standard InChI is InChI=1S/C26H24N6O/c27-25-24(18-31-30-16-20-10-5-2-6-11-20)32-23(17-28-25)21-12-7-13-22(14-21)26(33)29-15-19-8-3-1-4-9-19/h1-14,17-18,30H,15-16H2,(H2,27,28)(H,29,33)/b31-18+. The Morgan fingerprint density at radius 3 is 2.33 bits per heavy atom. The van der Waals surface area contributed by atoms with Crippen LogP contribution in [0.15, 0.2) is 96.2 Å². The number of benzene rings is 3. The van der Waals surface area contributed by atoms with E-state index in [0.717, 1.165) is 16.7 Å². The van der Waals surface area contributed by atoms with E-state index in [1.165, 1.54) is 0 Å². The maximum atomic E-state index is 12.6. The zero-order valence-corrected chi connectivity index (χ0v) is 18.0. The molecule has 33 heavy (non-hydrogen) atoms. The van der Waals surface area contributed by atoms with E-state index in [4.69, 9.17) is 5.73 Å². The van der Waals surface area contributed by atoms with Crippen molar-refractivity contribution >= 4 is 17.9 Å². The molecule has 1 aromatic heterocycles. The molecule has 0 fully saturated rings. The lowest BCUT2D eigenvalue weighted by Crippen LogP contribution is -2.22. The van der Waals surface area contributed by atoms with Gasteiger partial charge in [-0.1, -0.05) is 72.8 Å². The van der Waals surface area contributed by atoms with Gasteiger partial charge in [0.1, 0.15) is 5.69 Å². The third kappa shape index (κ3) is 6.01. The fraction of sp³-hybridized carbons (Fsp3) is 0.0769. The number of nitrogens with zero attached hydrogens (tertiary/aromatic N) is 3. The van der Waals surface area contributed by atoms with Crippen LogP contribution in [0.5, 0.6) is 0 Å². The first-order valence-corrected chi connectivity index (χ1v) is 10.5. The molecule has 1 amide bonds. The number of anilines is 1. The van der Waals surface area contributed by atoms with Gasteiger partial charge in [0.25, 0.3) is 5.91 Å². The Morgan fingerprint density at radius 2 is 1.61 bits per heavy atom. The van der Waals surface area contributed by atoms with Gasteiger partial charge >= 0.3 is 0 Å². The van der Waals surface area contributed by atoms with Crippen molar-refractivity contribution in [1.82, 2.24) is 20.7 Å². The Morgan fingerprint density at radius 1 is 0.909 bits per heavy atom. The molecule has 0 saturated carbocycles. The summed E-state index contributed by atoms with van der Waals surface area (Å²) in [6, 6.07) is 27.0. The van der Waals surface area contributed by atoms with E-state index in [2.05, 4.69) is 25.8 Å². The molecule has 0 aliphatic heterocycles. The summed E-state index contributed by atoms with van der Waals surface area (Å²) < 4.78 is 0. The highest BCUT2D eigenvalue weighted by Gasteiger charge is 2.10. The van der Waals surface area contributed by atoms with Crippen molar-refractivity contribution < 1.29 is 4.79 Å². The normalized spacial score (nSPS) is 10.8. The monoisotopic (exact) mass is 436 g/mol. The van der Waals surface area contributed by atoms with Crippen LogP contribution >= 0.6 is 0 Å². The predicted molar refractivity (Wildman–Crippen MR) is 130 cm³/mol. The van der Waals surface area contributed by atoms with Crippen molar-refractivity contribution in [3.05, 3.63) is 114 Å². The largest absolute Gasteiger partial charge is 0.382 e. The van der Waals surface area contributed by atoms with E-state index >= 15 is 0 Å². The van der Waals surface area contributed by atoms with Crippen molar-refractivity contribution in [2.75, 3.05) is 5.73 Å². The fourth-order valence-electron chi connectivity index (χ4n) is 3.19. The number of nitrogens with two attached hydrogens (primary N) is 1. The number of carbonyl (C=O) groups is 1. The van der Waals surface area contributed by atoms with Crippen molar-refractivity contribution in [3.63, 3.8) is 0 Å². The van der Waals surface area contributed by atoms with Crippen molar-refractivity contribution in [1.29, 1.82) is 0 Å². The number of hydrogen-bond acceptors (Lipinski definition) is 6. The topological polar surface area (TPSA) is 105 Å². The number of nitrogen functional groups attached to an aromatic ring is 1. The van der Waals surface area contributed by atoms with Crippen molar-refractivity contribution in [2.24, 2.45) is 5.10 Å². The van der Waals surface area contributed by atoms with Crippen LogP contribution in [0.3, 0.4) is 0 Å². The van der Waals surface area contributed by atoms with Crippen LogP contribution in [0, 0.1) is 0 Å². The van der Waals surface area contributed by atoms with Gasteiger partial charge in [0.2, 0.25) is 0 Å². The molecule has 0 atom stereocenters. The van der Waals surface area contributed by atoms with Gasteiger partial charge in [0.05, 0.1) is 24.7 Å². The molecule has 4 N–H and O–H groups in total. The Bertz CT molecular complexity index is 1240. The average Bonchev–Trinajstić information content (AvgIpc) is 2.87. The van der Waals surface area contributed by atoms with Crippen LogP contribution in [-0.4, -0.2) is 22.1 Å². The highest BCUT2D eigenvalue weighted by atomic mass is 16.1. The van der Waals surface area contributed by atoms with Crippen LogP contribution < -0.4 is 16.5 Å². The molecule has 0 spiro atoms. The van der Waals surface area contributed by atoms with E-state index in [1.807, 2.05) is 72.8 Å². The first kappa shape index (κ1) is 21.7. The summed E-state index contributed by atoms with van der Waals surface area (Å²) in [7, 11) is 0. The molecule has 0 aliphatic carbocycles. The molecule has 0 aliphatic rings. The maximum Gasteiger partial charge on any atom is 0.251 e. The van der Waals surface area contributed by atoms with Gasteiger partial charge in [0.15, 0.2) is 5.82 Å². The summed E-state index contributed by atoms with van der Waals surface area (Å²) in [6.45, 7) is 1.05. The molecule has 4 rings (SSSR count). The second-order valence-electron chi connectivity index (χ2n) is 7.35. The number of aromatic nitrogens is 2. The average molecular weight is 437 g/mol. The summed E-state index contributed by atoms with van der Waals surface area (Å²) in [5.41, 5.74) is 13.5. The first-order chi connectivity index (χ1) is 16.2. The Labute approximate surface area is 192 Å². The van der Waals surface area contributed by atoms with Gasteiger partial charge in [-0.15, -0.1) is 0 Å². The second kappa shape index (κ2) is 10.7. The van der Waals surface area contributed by atoms with Crippen LogP contribution in [0.2, 0.25) is 0 Å². The highest BCUT2D eigenvalue weighted by Crippen LogP contribution is 2.19. The number of nitrogens with one attached hydrogen (secondary N) is 2. The number of hydrazone groups is 1. The molecule has 0 saturated heterocycles. The van der Waals surface area contributed by atoms with Gasteiger partial charge < -0.3 is 16.5 Å². The second-order valence-corrected chi connectivity index (χ2v) is 7.35. The minimum absolute atomic E-state index is 0.156. The van der Waals surface area contributed by atoms with Crippen LogP contribution in [0.4, 0.5) is 5.82 Å². The molecule has 4 aromatic rings. The lowest BCUT2D eigenvalue weighted by Gasteiger charge is -2.08. The van der Waals surface area contributed by atoms with Gasteiger partial charge in [-0.25, -0.2) is 9.97 Å². The van der Waals surface area contributed by atoms with Gasteiger partial charge in [-0.05, 0) is 23.3 Å². The Hall–Kier alpha value is -4.52. The molecule has 0 radical (unpaired) electrons. The summed E-state index contributed by atoms with van der Waals surface area (Å²) in [5, 5.41) is 7.15. The lowest BCUT2D eigenvalue weighted by molar-refractivity contribution is 0.0951. The van der Waals surface area contributed by atoms with Crippen molar-refractivity contribution in [2.45, 2.75) is 13.1 Å².